The van der Waals surface area contributed by atoms with Crippen LogP contribution in [0.2, 0.25) is 0 Å². The fraction of sp³-hybridized carbons (Fsp3) is 0.722. The SMILES string of the molecule is CC(C)(C)NC(=O)[C@H]1C[C@H]2CCCC[C@H]2CN1C(=O)c1ccno1. The van der Waals surface area contributed by atoms with Crippen LogP contribution in [0.5, 0.6) is 0 Å². The smallest absolute Gasteiger partial charge is 0.293 e. The van der Waals surface area contributed by atoms with Gasteiger partial charge in [0.1, 0.15) is 6.04 Å². The number of nitrogens with one attached hydrogen (secondary N) is 1. The first-order valence-corrected chi connectivity index (χ1v) is 8.89. The molecule has 1 aliphatic heterocycles. The Labute approximate surface area is 142 Å². The van der Waals surface area contributed by atoms with Gasteiger partial charge in [-0.2, -0.15) is 0 Å². The van der Waals surface area contributed by atoms with E-state index in [1.807, 2.05) is 20.8 Å². The number of carbonyl (C=O) groups excluding carboxylic acids is 2. The summed E-state index contributed by atoms with van der Waals surface area (Å²) in [6.45, 7) is 6.51. The highest BCUT2D eigenvalue weighted by atomic mass is 16.5. The summed E-state index contributed by atoms with van der Waals surface area (Å²) in [7, 11) is 0. The van der Waals surface area contributed by atoms with Gasteiger partial charge < -0.3 is 14.7 Å². The molecule has 0 aromatic carbocycles. The van der Waals surface area contributed by atoms with Crippen LogP contribution in [0.15, 0.2) is 16.8 Å². The van der Waals surface area contributed by atoms with Crippen molar-refractivity contribution in [2.24, 2.45) is 11.8 Å². The van der Waals surface area contributed by atoms with Crippen LogP contribution in [0.3, 0.4) is 0 Å². The van der Waals surface area contributed by atoms with E-state index in [0.717, 1.165) is 19.3 Å². The summed E-state index contributed by atoms with van der Waals surface area (Å²) in [6, 6.07) is 1.13. The number of aromatic nitrogens is 1. The molecule has 0 spiro atoms. The molecule has 0 bridgehead atoms. The average molecular weight is 333 g/mol. The molecule has 1 saturated heterocycles. The number of carbonyl (C=O) groups is 2. The zero-order valence-electron chi connectivity index (χ0n) is 14.7. The lowest BCUT2D eigenvalue weighted by molar-refractivity contribution is -0.130. The van der Waals surface area contributed by atoms with Gasteiger partial charge in [-0.3, -0.25) is 9.59 Å². The predicted octanol–water partition coefficient (Wildman–Crippen LogP) is 2.61. The number of rotatable bonds is 2. The van der Waals surface area contributed by atoms with E-state index in [4.69, 9.17) is 4.52 Å². The van der Waals surface area contributed by atoms with Crippen LogP contribution >= 0.6 is 0 Å². The number of piperidine rings is 1. The molecule has 0 unspecified atom stereocenters. The van der Waals surface area contributed by atoms with Gasteiger partial charge in [0.2, 0.25) is 11.7 Å². The van der Waals surface area contributed by atoms with Crippen LogP contribution in [-0.2, 0) is 4.79 Å². The lowest BCUT2D eigenvalue weighted by Crippen LogP contribution is -2.59. The van der Waals surface area contributed by atoms with Gasteiger partial charge in [-0.15, -0.1) is 0 Å². The molecule has 132 valence electrons. The van der Waals surface area contributed by atoms with Gasteiger partial charge in [0.15, 0.2) is 0 Å². The first-order chi connectivity index (χ1) is 11.3. The van der Waals surface area contributed by atoms with E-state index >= 15 is 0 Å². The minimum Gasteiger partial charge on any atom is -0.351 e. The Morgan fingerprint density at radius 3 is 2.58 bits per heavy atom. The van der Waals surface area contributed by atoms with Crippen LogP contribution in [0.25, 0.3) is 0 Å². The zero-order chi connectivity index (χ0) is 17.3. The van der Waals surface area contributed by atoms with E-state index in [1.165, 1.54) is 19.0 Å². The quantitative estimate of drug-likeness (QED) is 0.903. The van der Waals surface area contributed by atoms with Gasteiger partial charge in [0.05, 0.1) is 6.20 Å². The highest BCUT2D eigenvalue weighted by molar-refractivity contribution is 5.95. The topological polar surface area (TPSA) is 75.4 Å². The van der Waals surface area contributed by atoms with E-state index in [1.54, 1.807) is 11.0 Å². The van der Waals surface area contributed by atoms with E-state index in [-0.39, 0.29) is 23.1 Å². The Morgan fingerprint density at radius 1 is 1.25 bits per heavy atom. The maximum absolute atomic E-state index is 12.8. The molecule has 3 rings (SSSR count). The summed E-state index contributed by atoms with van der Waals surface area (Å²) >= 11 is 0. The van der Waals surface area contributed by atoms with Crippen molar-refractivity contribution in [2.75, 3.05) is 6.54 Å². The third-order valence-electron chi connectivity index (χ3n) is 5.11. The molecule has 1 N–H and O–H groups in total. The fourth-order valence-electron chi connectivity index (χ4n) is 4.02. The second-order valence-electron chi connectivity index (χ2n) is 8.13. The van der Waals surface area contributed by atoms with Crippen molar-refractivity contribution in [1.82, 2.24) is 15.4 Å². The van der Waals surface area contributed by atoms with E-state index < -0.39 is 6.04 Å². The highest BCUT2D eigenvalue weighted by Gasteiger charge is 2.43. The molecule has 24 heavy (non-hydrogen) atoms. The molecule has 1 aromatic heterocycles. The molecule has 2 aliphatic rings. The van der Waals surface area contributed by atoms with E-state index in [2.05, 4.69) is 10.5 Å². The van der Waals surface area contributed by atoms with Crippen molar-refractivity contribution in [3.63, 3.8) is 0 Å². The standard InChI is InChI=1S/C18H27N3O3/c1-18(2,3)20-16(22)14-10-12-6-4-5-7-13(12)11-21(14)17(23)15-8-9-19-24-15/h8-9,12-14H,4-7,10-11H2,1-3H3,(H,20,22)/t12-,13+,14-/m1/s1. The largest absolute Gasteiger partial charge is 0.351 e. The van der Waals surface area contributed by atoms with Crippen LogP contribution in [0.4, 0.5) is 0 Å². The van der Waals surface area contributed by atoms with Gasteiger partial charge in [-0.25, -0.2) is 0 Å². The Hall–Kier alpha value is -1.85. The molecule has 2 heterocycles. The number of hydrogen-bond donors (Lipinski definition) is 1. The van der Waals surface area contributed by atoms with Crippen molar-refractivity contribution in [2.45, 2.75) is 64.5 Å². The number of hydrogen-bond acceptors (Lipinski definition) is 4. The molecule has 6 nitrogen and oxygen atoms in total. The van der Waals surface area contributed by atoms with Crippen LogP contribution < -0.4 is 5.32 Å². The predicted molar refractivity (Wildman–Crippen MR) is 89.3 cm³/mol. The van der Waals surface area contributed by atoms with Gasteiger partial charge >= 0.3 is 0 Å². The summed E-state index contributed by atoms with van der Waals surface area (Å²) in [4.78, 5) is 27.4. The summed E-state index contributed by atoms with van der Waals surface area (Å²) in [5.74, 6) is 0.931. The van der Waals surface area contributed by atoms with Gasteiger partial charge in [0, 0.05) is 18.2 Å². The third kappa shape index (κ3) is 3.62. The molecule has 1 saturated carbocycles. The minimum absolute atomic E-state index is 0.0700. The molecular formula is C18H27N3O3. The fourth-order valence-corrected chi connectivity index (χ4v) is 4.02. The van der Waals surface area contributed by atoms with Crippen molar-refractivity contribution < 1.29 is 14.1 Å². The molecule has 0 radical (unpaired) electrons. The van der Waals surface area contributed by atoms with Crippen molar-refractivity contribution in [3.8, 4) is 0 Å². The Balaban J connectivity index is 1.83. The summed E-state index contributed by atoms with van der Waals surface area (Å²) in [6.07, 6.45) is 6.94. The number of fused-ring (bicyclic) bond motifs is 1. The Morgan fingerprint density at radius 2 is 1.96 bits per heavy atom. The average Bonchev–Trinajstić information content (AvgIpc) is 3.05. The molecule has 6 heteroatoms. The normalized spacial score (nSPS) is 27.5. The first-order valence-electron chi connectivity index (χ1n) is 8.89. The van der Waals surface area contributed by atoms with Crippen LogP contribution in [-0.4, -0.2) is 40.0 Å². The van der Waals surface area contributed by atoms with Gasteiger partial charge in [-0.1, -0.05) is 24.4 Å². The highest BCUT2D eigenvalue weighted by Crippen LogP contribution is 2.39. The number of nitrogens with zero attached hydrogens (tertiary/aromatic N) is 2. The maximum Gasteiger partial charge on any atom is 0.293 e. The number of amides is 2. The maximum atomic E-state index is 12.8. The summed E-state index contributed by atoms with van der Waals surface area (Å²) in [5.41, 5.74) is -0.318. The van der Waals surface area contributed by atoms with E-state index in [9.17, 15) is 9.59 Å². The monoisotopic (exact) mass is 333 g/mol. The molecule has 3 atom stereocenters. The van der Waals surface area contributed by atoms with Crippen LogP contribution in [0, 0.1) is 11.8 Å². The van der Waals surface area contributed by atoms with Crippen molar-refractivity contribution in [1.29, 1.82) is 0 Å². The second kappa shape index (κ2) is 6.57. The molecule has 1 aromatic rings. The second-order valence-corrected chi connectivity index (χ2v) is 8.13. The van der Waals surface area contributed by atoms with Gasteiger partial charge in [-0.05, 0) is 45.4 Å². The number of likely N-dealkylation sites (tertiary alicyclic amines) is 1. The zero-order valence-corrected chi connectivity index (χ0v) is 14.7. The molecule has 1 aliphatic carbocycles. The molecule has 2 fully saturated rings. The molecule has 2 amide bonds. The first kappa shape index (κ1) is 17.0. The lowest BCUT2D eigenvalue weighted by atomic mass is 9.72. The van der Waals surface area contributed by atoms with Crippen LogP contribution in [0.1, 0.15) is 63.4 Å². The minimum atomic E-state index is -0.429. The van der Waals surface area contributed by atoms with Crippen molar-refractivity contribution in [3.05, 3.63) is 18.0 Å². The summed E-state index contributed by atoms with van der Waals surface area (Å²) in [5, 5.41) is 6.66. The third-order valence-corrected chi connectivity index (χ3v) is 5.11. The van der Waals surface area contributed by atoms with E-state index in [0.29, 0.717) is 18.4 Å². The lowest BCUT2D eigenvalue weighted by Gasteiger charge is -2.45. The van der Waals surface area contributed by atoms with Crippen molar-refractivity contribution >= 4 is 11.8 Å². The molecular weight excluding hydrogens is 306 g/mol. The Bertz CT molecular complexity index is 591. The summed E-state index contributed by atoms with van der Waals surface area (Å²) < 4.78 is 5.04. The Kier molecular flexibility index (Phi) is 4.65. The van der Waals surface area contributed by atoms with Gasteiger partial charge in [0.25, 0.3) is 5.91 Å².